The Morgan fingerprint density at radius 3 is 2.72 bits per heavy atom. The van der Waals surface area contributed by atoms with Gasteiger partial charge in [0.25, 0.3) is 0 Å². The Morgan fingerprint density at radius 2 is 2.00 bits per heavy atom. The van der Waals surface area contributed by atoms with Gasteiger partial charge >= 0.3 is 0 Å². The second-order valence-corrected chi connectivity index (χ2v) is 8.13. The highest BCUT2D eigenvalue weighted by molar-refractivity contribution is 5.81. The maximum atomic E-state index is 13.2. The Hall–Kier alpha value is -1.39. The zero-order chi connectivity index (χ0) is 17.3. The van der Waals surface area contributed by atoms with Gasteiger partial charge in [0.15, 0.2) is 0 Å². The molecule has 3 aliphatic rings. The van der Waals surface area contributed by atoms with E-state index in [4.69, 9.17) is 4.74 Å². The number of nitrogens with zero attached hydrogens (tertiary/aromatic N) is 1. The topological polar surface area (TPSA) is 41.6 Å². The normalized spacial score (nSPS) is 31.2. The quantitative estimate of drug-likeness (QED) is 0.893. The largest absolute Gasteiger partial charge is 0.382 e. The van der Waals surface area contributed by atoms with Gasteiger partial charge in [-0.25, -0.2) is 0 Å². The van der Waals surface area contributed by atoms with Crippen molar-refractivity contribution >= 4 is 5.91 Å². The molecule has 0 radical (unpaired) electrons. The Kier molecular flexibility index (Phi) is 4.83. The molecular weight excluding hydrogens is 312 g/mol. The molecule has 1 aromatic rings. The van der Waals surface area contributed by atoms with E-state index in [1.54, 1.807) is 7.11 Å². The summed E-state index contributed by atoms with van der Waals surface area (Å²) in [6, 6.07) is 11.5. The first-order valence-corrected chi connectivity index (χ1v) is 9.84. The van der Waals surface area contributed by atoms with E-state index in [2.05, 4.69) is 40.5 Å². The van der Waals surface area contributed by atoms with Crippen LogP contribution in [0.2, 0.25) is 0 Å². The van der Waals surface area contributed by atoms with E-state index in [1.807, 2.05) is 0 Å². The third-order valence-electron chi connectivity index (χ3n) is 6.57. The van der Waals surface area contributed by atoms with Crippen molar-refractivity contribution in [1.82, 2.24) is 10.2 Å². The van der Waals surface area contributed by atoms with Crippen LogP contribution in [-0.2, 0) is 9.53 Å². The van der Waals surface area contributed by atoms with Gasteiger partial charge in [-0.2, -0.15) is 0 Å². The van der Waals surface area contributed by atoms with Gasteiger partial charge in [0, 0.05) is 19.2 Å². The summed E-state index contributed by atoms with van der Waals surface area (Å²) in [6.07, 6.45) is 7.79. The second-order valence-electron chi connectivity index (χ2n) is 8.13. The lowest BCUT2D eigenvalue weighted by molar-refractivity contribution is -0.128. The molecule has 1 aromatic carbocycles. The molecule has 3 atom stereocenters. The fourth-order valence-corrected chi connectivity index (χ4v) is 5.44. The average molecular weight is 342 g/mol. The number of carbonyl (C=O) groups is 1. The number of nitrogens with one attached hydrogen (secondary N) is 1. The van der Waals surface area contributed by atoms with E-state index in [0.717, 1.165) is 32.2 Å². The lowest BCUT2D eigenvalue weighted by atomic mass is 9.91. The fourth-order valence-electron chi connectivity index (χ4n) is 5.44. The van der Waals surface area contributed by atoms with Gasteiger partial charge in [0.1, 0.15) is 0 Å². The Labute approximate surface area is 150 Å². The van der Waals surface area contributed by atoms with Crippen molar-refractivity contribution in [2.75, 3.05) is 20.3 Å². The van der Waals surface area contributed by atoms with Crippen molar-refractivity contribution in [2.24, 2.45) is 5.92 Å². The number of fused-ring (bicyclic) bond motifs is 1. The monoisotopic (exact) mass is 342 g/mol. The van der Waals surface area contributed by atoms with E-state index in [9.17, 15) is 4.79 Å². The average Bonchev–Trinajstić information content (AvgIpc) is 3.32. The van der Waals surface area contributed by atoms with Crippen LogP contribution in [0.25, 0.3) is 0 Å². The smallest absolute Gasteiger partial charge is 0.225 e. The molecule has 0 unspecified atom stereocenters. The first-order valence-electron chi connectivity index (χ1n) is 9.84. The van der Waals surface area contributed by atoms with Crippen LogP contribution >= 0.6 is 0 Å². The first kappa shape index (κ1) is 17.0. The highest BCUT2D eigenvalue weighted by atomic mass is 16.5. The summed E-state index contributed by atoms with van der Waals surface area (Å²) < 4.78 is 5.44. The maximum Gasteiger partial charge on any atom is 0.225 e. The van der Waals surface area contributed by atoms with Crippen LogP contribution in [0, 0.1) is 5.92 Å². The lowest BCUT2D eigenvalue weighted by Crippen LogP contribution is -2.52. The number of methoxy groups -OCH3 is 1. The molecule has 0 spiro atoms. The van der Waals surface area contributed by atoms with Crippen LogP contribution in [0.5, 0.6) is 0 Å². The van der Waals surface area contributed by atoms with E-state index in [1.165, 1.54) is 24.8 Å². The second kappa shape index (κ2) is 7.08. The highest BCUT2D eigenvalue weighted by Gasteiger charge is 2.48. The predicted molar refractivity (Wildman–Crippen MR) is 98.2 cm³/mol. The molecule has 4 nitrogen and oxygen atoms in total. The van der Waals surface area contributed by atoms with Gasteiger partial charge in [-0.3, -0.25) is 9.69 Å². The van der Waals surface area contributed by atoms with Crippen LogP contribution in [0.4, 0.5) is 0 Å². The number of hydrogen-bond acceptors (Lipinski definition) is 3. The van der Waals surface area contributed by atoms with E-state index >= 15 is 0 Å². The number of ether oxygens (including phenoxy) is 1. The first-order chi connectivity index (χ1) is 12.2. The van der Waals surface area contributed by atoms with E-state index in [-0.39, 0.29) is 17.4 Å². The Balaban J connectivity index is 1.51. The third kappa shape index (κ3) is 3.22. The third-order valence-corrected chi connectivity index (χ3v) is 6.57. The van der Waals surface area contributed by atoms with E-state index in [0.29, 0.717) is 18.7 Å². The summed E-state index contributed by atoms with van der Waals surface area (Å²) in [4.78, 5) is 15.8. The predicted octanol–water partition coefficient (Wildman–Crippen LogP) is 3.29. The van der Waals surface area contributed by atoms with Crippen molar-refractivity contribution in [3.05, 3.63) is 35.9 Å². The molecule has 1 N–H and O–H groups in total. The standard InChI is InChI=1S/C21H30N2O2/c1-25-15-21(11-5-6-12-21)22-20(24)17-14-19(16-8-3-2-4-9-16)23-13-7-10-18(17)23/h2-4,8-9,17-19H,5-7,10-15H2,1H3,(H,22,24)/t17-,18+,19-/m0/s1. The molecule has 4 heteroatoms. The molecule has 4 rings (SSSR count). The molecule has 136 valence electrons. The SMILES string of the molecule is COCC1(NC(=O)[C@H]2C[C@@H](c3ccccc3)N3CCC[C@H]23)CCCC1. The van der Waals surface area contributed by atoms with Crippen molar-refractivity contribution in [3.63, 3.8) is 0 Å². The lowest BCUT2D eigenvalue weighted by Gasteiger charge is -2.32. The molecule has 0 aromatic heterocycles. The van der Waals surface area contributed by atoms with E-state index < -0.39 is 0 Å². The number of hydrogen-bond donors (Lipinski definition) is 1. The minimum atomic E-state index is -0.125. The molecule has 2 saturated heterocycles. The fraction of sp³-hybridized carbons (Fsp3) is 0.667. The van der Waals surface area contributed by atoms with Gasteiger partial charge in [0.2, 0.25) is 5.91 Å². The molecule has 25 heavy (non-hydrogen) atoms. The maximum absolute atomic E-state index is 13.2. The molecule has 1 saturated carbocycles. The zero-order valence-electron chi connectivity index (χ0n) is 15.2. The van der Waals surface area contributed by atoms with Crippen LogP contribution in [0.1, 0.15) is 56.6 Å². The molecule has 1 aliphatic carbocycles. The number of amides is 1. The molecular formula is C21H30N2O2. The highest BCUT2D eigenvalue weighted by Crippen LogP contribution is 2.45. The summed E-state index contributed by atoms with van der Waals surface area (Å²) in [5, 5.41) is 3.43. The summed E-state index contributed by atoms with van der Waals surface area (Å²) in [5.74, 6) is 0.372. The van der Waals surface area contributed by atoms with Crippen molar-refractivity contribution in [1.29, 1.82) is 0 Å². The zero-order valence-corrected chi connectivity index (χ0v) is 15.2. The van der Waals surface area contributed by atoms with Crippen LogP contribution in [-0.4, -0.2) is 42.6 Å². The number of rotatable bonds is 5. The van der Waals surface area contributed by atoms with Crippen LogP contribution < -0.4 is 5.32 Å². The molecule has 0 bridgehead atoms. The number of carbonyl (C=O) groups excluding carboxylic acids is 1. The Morgan fingerprint density at radius 1 is 1.24 bits per heavy atom. The summed E-state index contributed by atoms with van der Waals surface area (Å²) >= 11 is 0. The summed E-state index contributed by atoms with van der Waals surface area (Å²) in [5.41, 5.74) is 1.23. The van der Waals surface area contributed by atoms with Gasteiger partial charge in [-0.05, 0) is 44.2 Å². The van der Waals surface area contributed by atoms with Gasteiger partial charge < -0.3 is 10.1 Å². The van der Waals surface area contributed by atoms with Gasteiger partial charge in [0.05, 0.1) is 18.1 Å². The van der Waals surface area contributed by atoms with Crippen molar-refractivity contribution in [2.45, 2.75) is 62.6 Å². The summed E-state index contributed by atoms with van der Waals surface area (Å²) in [7, 11) is 1.74. The molecule has 2 heterocycles. The summed E-state index contributed by atoms with van der Waals surface area (Å²) in [6.45, 7) is 1.76. The van der Waals surface area contributed by atoms with Crippen LogP contribution in [0.3, 0.4) is 0 Å². The Bertz CT molecular complexity index is 597. The minimum absolute atomic E-state index is 0.113. The van der Waals surface area contributed by atoms with Gasteiger partial charge in [-0.15, -0.1) is 0 Å². The van der Waals surface area contributed by atoms with Crippen LogP contribution in [0.15, 0.2) is 30.3 Å². The molecule has 3 fully saturated rings. The number of benzene rings is 1. The molecule has 2 aliphatic heterocycles. The minimum Gasteiger partial charge on any atom is -0.382 e. The van der Waals surface area contributed by atoms with Crippen molar-refractivity contribution < 1.29 is 9.53 Å². The van der Waals surface area contributed by atoms with Gasteiger partial charge in [-0.1, -0.05) is 43.2 Å². The molecule has 1 amide bonds. The van der Waals surface area contributed by atoms with Crippen molar-refractivity contribution in [3.8, 4) is 0 Å².